The van der Waals surface area contributed by atoms with E-state index in [9.17, 15) is 9.59 Å². The number of piperidine rings is 1. The molecule has 6 nitrogen and oxygen atoms in total. The highest BCUT2D eigenvalue weighted by atomic mass is 16.2. The lowest BCUT2D eigenvalue weighted by Crippen LogP contribution is -2.52. The minimum absolute atomic E-state index is 0.242. The maximum absolute atomic E-state index is 12.7. The van der Waals surface area contributed by atoms with Crippen LogP contribution >= 0.6 is 0 Å². The van der Waals surface area contributed by atoms with Crippen molar-refractivity contribution in [3.8, 4) is 0 Å². The molecule has 1 N–H and O–H groups in total. The molecule has 2 aliphatic heterocycles. The van der Waals surface area contributed by atoms with E-state index in [1.54, 1.807) is 0 Å². The van der Waals surface area contributed by atoms with Crippen LogP contribution in [0.3, 0.4) is 0 Å². The van der Waals surface area contributed by atoms with Crippen LogP contribution in [0, 0.1) is 11.8 Å². The van der Waals surface area contributed by atoms with Crippen molar-refractivity contribution in [2.45, 2.75) is 64.3 Å². The molecule has 6 heteroatoms. The fourth-order valence-corrected chi connectivity index (χ4v) is 5.11. The van der Waals surface area contributed by atoms with Crippen molar-refractivity contribution in [2.75, 3.05) is 52.9 Å². The average molecular weight is 393 g/mol. The summed E-state index contributed by atoms with van der Waals surface area (Å²) in [5, 5.41) is 3.40. The molecule has 0 aromatic carbocycles. The van der Waals surface area contributed by atoms with Gasteiger partial charge < -0.3 is 15.1 Å². The summed E-state index contributed by atoms with van der Waals surface area (Å²) < 4.78 is 0. The molecule has 0 radical (unpaired) electrons. The van der Waals surface area contributed by atoms with Crippen molar-refractivity contribution in [1.29, 1.82) is 0 Å². The van der Waals surface area contributed by atoms with Gasteiger partial charge in [0.15, 0.2) is 0 Å². The molecule has 2 amide bonds. The second-order valence-corrected chi connectivity index (χ2v) is 9.22. The Hall–Kier alpha value is -1.14. The molecule has 0 spiro atoms. The van der Waals surface area contributed by atoms with Gasteiger partial charge in [-0.15, -0.1) is 0 Å². The second-order valence-electron chi connectivity index (χ2n) is 9.22. The third-order valence-corrected chi connectivity index (χ3v) is 7.28. The Morgan fingerprint density at radius 1 is 1.00 bits per heavy atom. The molecule has 1 atom stereocenters. The van der Waals surface area contributed by atoms with Crippen molar-refractivity contribution in [3.63, 3.8) is 0 Å². The van der Waals surface area contributed by atoms with Gasteiger partial charge in [0.2, 0.25) is 11.8 Å². The van der Waals surface area contributed by atoms with Crippen LogP contribution in [0.4, 0.5) is 0 Å². The van der Waals surface area contributed by atoms with Crippen molar-refractivity contribution in [1.82, 2.24) is 20.0 Å². The van der Waals surface area contributed by atoms with Gasteiger partial charge in [-0.3, -0.25) is 14.5 Å². The van der Waals surface area contributed by atoms with Crippen LogP contribution in [0.2, 0.25) is 0 Å². The molecular weight excluding hydrogens is 352 g/mol. The zero-order valence-corrected chi connectivity index (χ0v) is 18.0. The van der Waals surface area contributed by atoms with Crippen LogP contribution in [-0.4, -0.2) is 85.4 Å². The van der Waals surface area contributed by atoms with E-state index < -0.39 is 0 Å². The monoisotopic (exact) mass is 392 g/mol. The number of amides is 2. The van der Waals surface area contributed by atoms with E-state index in [-0.39, 0.29) is 5.91 Å². The van der Waals surface area contributed by atoms with Crippen molar-refractivity contribution in [3.05, 3.63) is 0 Å². The Morgan fingerprint density at radius 2 is 1.64 bits per heavy atom. The molecule has 1 unspecified atom stereocenters. The van der Waals surface area contributed by atoms with E-state index in [1.165, 1.54) is 32.1 Å². The van der Waals surface area contributed by atoms with Crippen LogP contribution in [0.1, 0.15) is 58.3 Å². The quantitative estimate of drug-likeness (QED) is 0.751. The van der Waals surface area contributed by atoms with Crippen LogP contribution in [-0.2, 0) is 9.59 Å². The van der Waals surface area contributed by atoms with E-state index in [4.69, 9.17) is 0 Å². The second kappa shape index (κ2) is 10.6. The minimum Gasteiger partial charge on any atom is -0.342 e. The maximum atomic E-state index is 12.7. The zero-order valence-electron chi connectivity index (χ0n) is 18.0. The average Bonchev–Trinajstić information content (AvgIpc) is 2.74. The number of carbonyl (C=O) groups excluding carboxylic acids is 2. The van der Waals surface area contributed by atoms with E-state index in [0.29, 0.717) is 36.8 Å². The summed E-state index contributed by atoms with van der Waals surface area (Å²) in [6.45, 7) is 8.08. The molecule has 3 fully saturated rings. The van der Waals surface area contributed by atoms with Crippen molar-refractivity contribution in [2.24, 2.45) is 11.8 Å². The first kappa shape index (κ1) is 21.6. The van der Waals surface area contributed by atoms with Gasteiger partial charge in [0.1, 0.15) is 0 Å². The first-order chi connectivity index (χ1) is 13.5. The molecule has 28 heavy (non-hydrogen) atoms. The lowest BCUT2D eigenvalue weighted by atomic mass is 9.84. The van der Waals surface area contributed by atoms with Gasteiger partial charge in [-0.25, -0.2) is 0 Å². The van der Waals surface area contributed by atoms with E-state index in [1.807, 2.05) is 16.8 Å². The Balaban J connectivity index is 1.37. The van der Waals surface area contributed by atoms with E-state index >= 15 is 0 Å². The molecule has 0 aromatic heterocycles. The van der Waals surface area contributed by atoms with Gasteiger partial charge in [-0.2, -0.15) is 0 Å². The largest absolute Gasteiger partial charge is 0.342 e. The third-order valence-electron chi connectivity index (χ3n) is 7.28. The minimum atomic E-state index is 0.242. The highest BCUT2D eigenvalue weighted by Crippen LogP contribution is 2.25. The lowest BCUT2D eigenvalue weighted by Gasteiger charge is -2.37. The molecule has 0 bridgehead atoms. The highest BCUT2D eigenvalue weighted by Gasteiger charge is 2.28. The van der Waals surface area contributed by atoms with Gasteiger partial charge >= 0.3 is 0 Å². The summed E-state index contributed by atoms with van der Waals surface area (Å²) in [5.41, 5.74) is 0. The molecule has 0 aromatic rings. The van der Waals surface area contributed by atoms with Crippen LogP contribution in [0.5, 0.6) is 0 Å². The number of likely N-dealkylation sites (N-methyl/N-ethyl adjacent to an activating group) is 1. The molecule has 3 rings (SSSR count). The third kappa shape index (κ3) is 5.93. The van der Waals surface area contributed by atoms with E-state index in [2.05, 4.69) is 17.1 Å². The summed E-state index contributed by atoms with van der Waals surface area (Å²) in [6.07, 6.45) is 9.17. The van der Waals surface area contributed by atoms with Gasteiger partial charge in [-0.05, 0) is 50.6 Å². The fourth-order valence-electron chi connectivity index (χ4n) is 5.11. The van der Waals surface area contributed by atoms with Crippen molar-refractivity contribution < 1.29 is 9.59 Å². The Bertz CT molecular complexity index is 507. The Kier molecular flexibility index (Phi) is 8.15. The van der Waals surface area contributed by atoms with Gasteiger partial charge in [0.25, 0.3) is 0 Å². The van der Waals surface area contributed by atoms with Crippen LogP contribution < -0.4 is 5.32 Å². The van der Waals surface area contributed by atoms with Crippen molar-refractivity contribution >= 4 is 11.8 Å². The molecule has 3 aliphatic rings. The van der Waals surface area contributed by atoms with Crippen LogP contribution in [0.25, 0.3) is 0 Å². The SMILES string of the molecule is CC(CC(=O)N1CCN(CC(=O)N(C)C2CCCCC2)CC1)C1CCNCC1. The molecule has 1 saturated carbocycles. The first-order valence-corrected chi connectivity index (χ1v) is 11.5. The molecule has 160 valence electrons. The first-order valence-electron chi connectivity index (χ1n) is 11.5. The highest BCUT2D eigenvalue weighted by molar-refractivity contribution is 5.78. The topological polar surface area (TPSA) is 55.9 Å². The smallest absolute Gasteiger partial charge is 0.236 e. The molecule has 2 saturated heterocycles. The number of carbonyl (C=O) groups is 2. The Morgan fingerprint density at radius 3 is 2.29 bits per heavy atom. The normalized spacial score (nSPS) is 24.1. The Labute approximate surface area is 171 Å². The summed E-state index contributed by atoms with van der Waals surface area (Å²) >= 11 is 0. The summed E-state index contributed by atoms with van der Waals surface area (Å²) in [5.74, 6) is 1.69. The standard InChI is InChI=1S/C22H40N4O2/c1-18(19-8-10-23-11-9-19)16-21(27)26-14-12-25(13-15-26)17-22(28)24(2)20-6-4-3-5-7-20/h18-20,23H,3-17H2,1-2H3. The number of hydrogen-bond donors (Lipinski definition) is 1. The summed E-state index contributed by atoms with van der Waals surface area (Å²) in [7, 11) is 1.97. The van der Waals surface area contributed by atoms with Gasteiger partial charge in [0, 0.05) is 45.7 Å². The predicted molar refractivity (Wildman–Crippen MR) is 112 cm³/mol. The number of rotatable bonds is 6. The summed E-state index contributed by atoms with van der Waals surface area (Å²) in [6, 6.07) is 0.431. The summed E-state index contributed by atoms with van der Waals surface area (Å²) in [4.78, 5) is 31.6. The van der Waals surface area contributed by atoms with Gasteiger partial charge in [-0.1, -0.05) is 26.2 Å². The lowest BCUT2D eigenvalue weighted by molar-refractivity contribution is -0.136. The number of nitrogens with one attached hydrogen (secondary N) is 1. The molecule has 2 heterocycles. The van der Waals surface area contributed by atoms with Gasteiger partial charge in [0.05, 0.1) is 6.54 Å². The number of piperazine rings is 1. The zero-order chi connectivity index (χ0) is 19.9. The van der Waals surface area contributed by atoms with Crippen LogP contribution in [0.15, 0.2) is 0 Å². The molecule has 1 aliphatic carbocycles. The fraction of sp³-hybridized carbons (Fsp3) is 0.909. The molecular formula is C22H40N4O2. The van der Waals surface area contributed by atoms with E-state index in [0.717, 1.165) is 52.1 Å². The predicted octanol–water partition coefficient (Wildman–Crippen LogP) is 1.95. The maximum Gasteiger partial charge on any atom is 0.236 e. The number of hydrogen-bond acceptors (Lipinski definition) is 4. The number of nitrogens with zero attached hydrogens (tertiary/aromatic N) is 3.